The molecule has 0 radical (unpaired) electrons. The molecule has 0 bridgehead atoms. The van der Waals surface area contributed by atoms with Crippen LogP contribution in [-0.2, 0) is 14.8 Å². The number of sulfonamides is 1. The zero-order valence-electron chi connectivity index (χ0n) is 21.1. The highest BCUT2D eigenvalue weighted by Gasteiger charge is 2.27. The quantitative estimate of drug-likeness (QED) is 0.334. The van der Waals surface area contributed by atoms with Crippen molar-refractivity contribution in [3.05, 3.63) is 81.6 Å². The summed E-state index contributed by atoms with van der Waals surface area (Å²) in [5.41, 5.74) is 0.115. The molecule has 0 atom stereocenters. The number of thiophene rings is 1. The molecule has 5 rings (SSSR count). The summed E-state index contributed by atoms with van der Waals surface area (Å²) in [5, 5.41) is 9.23. The predicted octanol–water partition coefficient (Wildman–Crippen LogP) is 4.05. The number of rotatable bonds is 7. The molecular formula is C27H26N4O6S2. The van der Waals surface area contributed by atoms with Gasteiger partial charge in [-0.05, 0) is 56.2 Å². The van der Waals surface area contributed by atoms with Gasteiger partial charge in [0.15, 0.2) is 5.69 Å². The van der Waals surface area contributed by atoms with Gasteiger partial charge >= 0.3 is 5.97 Å². The van der Waals surface area contributed by atoms with Crippen molar-refractivity contribution in [1.29, 1.82) is 0 Å². The van der Waals surface area contributed by atoms with E-state index >= 15 is 0 Å². The van der Waals surface area contributed by atoms with E-state index in [1.807, 2.05) is 0 Å². The first kappa shape index (κ1) is 26.7. The van der Waals surface area contributed by atoms with Gasteiger partial charge in [-0.1, -0.05) is 24.6 Å². The first-order valence-corrected chi connectivity index (χ1v) is 14.8. The van der Waals surface area contributed by atoms with E-state index in [0.29, 0.717) is 18.8 Å². The molecule has 1 fully saturated rings. The predicted molar refractivity (Wildman–Crippen MR) is 148 cm³/mol. The van der Waals surface area contributed by atoms with E-state index < -0.39 is 27.5 Å². The molecule has 1 amide bonds. The molecule has 3 heterocycles. The van der Waals surface area contributed by atoms with Crippen LogP contribution in [0.25, 0.3) is 16.5 Å². The molecule has 0 saturated carbocycles. The minimum absolute atomic E-state index is 0.0423. The average Bonchev–Trinajstić information content (AvgIpc) is 3.38. The maximum absolute atomic E-state index is 13.5. The van der Waals surface area contributed by atoms with Gasteiger partial charge in [-0.15, -0.1) is 11.3 Å². The highest BCUT2D eigenvalue weighted by molar-refractivity contribution is 7.89. The van der Waals surface area contributed by atoms with E-state index in [4.69, 9.17) is 4.74 Å². The van der Waals surface area contributed by atoms with Crippen molar-refractivity contribution >= 4 is 49.0 Å². The van der Waals surface area contributed by atoms with Gasteiger partial charge in [0, 0.05) is 29.4 Å². The maximum atomic E-state index is 13.5. The zero-order valence-corrected chi connectivity index (χ0v) is 22.8. The lowest BCUT2D eigenvalue weighted by atomic mass is 10.2. The number of benzene rings is 2. The van der Waals surface area contributed by atoms with Crippen molar-refractivity contribution in [2.75, 3.05) is 25.0 Å². The topological polar surface area (TPSA) is 128 Å². The number of anilines is 1. The number of fused-ring (bicyclic) bond motifs is 1. The van der Waals surface area contributed by atoms with E-state index in [9.17, 15) is 22.8 Å². The SMILES string of the molecule is CCOC(=O)c1nn(-c2ccccc2)c(=O)c2c(NC(=O)c3ccc(S(=O)(=O)N4CCCCC4)cc3)scc12. The Morgan fingerprint density at radius 2 is 1.72 bits per heavy atom. The first-order valence-electron chi connectivity index (χ1n) is 12.5. The number of amides is 1. The number of nitrogens with one attached hydrogen (secondary N) is 1. The van der Waals surface area contributed by atoms with Crippen LogP contribution in [-0.4, -0.2) is 54.1 Å². The fraction of sp³-hybridized carbons (Fsp3) is 0.259. The van der Waals surface area contributed by atoms with Crippen LogP contribution >= 0.6 is 11.3 Å². The Labute approximate surface area is 228 Å². The lowest BCUT2D eigenvalue weighted by Crippen LogP contribution is -2.35. The summed E-state index contributed by atoms with van der Waals surface area (Å²) in [6.45, 7) is 2.77. The molecule has 0 unspecified atom stereocenters. The molecule has 1 saturated heterocycles. The van der Waals surface area contributed by atoms with Crippen LogP contribution in [0, 0.1) is 0 Å². The molecule has 10 nitrogen and oxygen atoms in total. The van der Waals surface area contributed by atoms with Gasteiger partial charge in [0.1, 0.15) is 5.00 Å². The van der Waals surface area contributed by atoms with Gasteiger partial charge in [0.25, 0.3) is 11.5 Å². The lowest BCUT2D eigenvalue weighted by molar-refractivity contribution is 0.0519. The molecule has 2 aromatic carbocycles. The minimum atomic E-state index is -3.63. The Kier molecular flexibility index (Phi) is 7.60. The van der Waals surface area contributed by atoms with E-state index in [1.165, 1.54) is 28.6 Å². The van der Waals surface area contributed by atoms with Gasteiger partial charge < -0.3 is 10.1 Å². The van der Waals surface area contributed by atoms with Gasteiger partial charge in [-0.25, -0.2) is 13.2 Å². The molecule has 0 aliphatic carbocycles. The zero-order chi connectivity index (χ0) is 27.6. The molecule has 1 N–H and O–H groups in total. The normalized spacial score (nSPS) is 14.3. The fourth-order valence-electron chi connectivity index (χ4n) is 4.44. The van der Waals surface area contributed by atoms with Crippen molar-refractivity contribution in [3.63, 3.8) is 0 Å². The second kappa shape index (κ2) is 11.1. The maximum Gasteiger partial charge on any atom is 0.359 e. The van der Waals surface area contributed by atoms with Crippen LogP contribution in [0.4, 0.5) is 5.00 Å². The average molecular weight is 567 g/mol. The van der Waals surface area contributed by atoms with Crippen molar-refractivity contribution in [2.24, 2.45) is 0 Å². The van der Waals surface area contributed by atoms with Crippen LogP contribution in [0.5, 0.6) is 0 Å². The Morgan fingerprint density at radius 3 is 2.38 bits per heavy atom. The standard InChI is InChI=1S/C27H26N4O6S2/c1-2-37-27(34)23-21-17-38-25(22(21)26(33)31(29-23)19-9-5-3-6-10-19)28-24(32)18-11-13-20(14-12-18)39(35,36)30-15-7-4-8-16-30/h3,5-6,9-14,17H,2,4,7-8,15-16H2,1H3,(H,28,32). The lowest BCUT2D eigenvalue weighted by Gasteiger charge is -2.25. The van der Waals surface area contributed by atoms with Gasteiger partial charge in [-0.3, -0.25) is 9.59 Å². The van der Waals surface area contributed by atoms with E-state index in [2.05, 4.69) is 10.4 Å². The number of nitrogens with zero attached hydrogens (tertiary/aromatic N) is 3. The van der Waals surface area contributed by atoms with Crippen molar-refractivity contribution in [2.45, 2.75) is 31.1 Å². The van der Waals surface area contributed by atoms with Crippen LogP contribution in [0.1, 0.15) is 47.0 Å². The van der Waals surface area contributed by atoms with Crippen LogP contribution in [0.2, 0.25) is 0 Å². The number of piperidine rings is 1. The highest BCUT2D eigenvalue weighted by atomic mass is 32.2. The third-order valence-electron chi connectivity index (χ3n) is 6.42. The van der Waals surface area contributed by atoms with Crippen LogP contribution < -0.4 is 10.9 Å². The fourth-order valence-corrected chi connectivity index (χ4v) is 6.89. The Hall–Kier alpha value is -3.87. The molecule has 1 aliphatic heterocycles. The van der Waals surface area contributed by atoms with E-state index in [1.54, 1.807) is 42.6 Å². The summed E-state index contributed by atoms with van der Waals surface area (Å²) in [4.78, 5) is 39.4. The molecule has 202 valence electrons. The molecule has 4 aromatic rings. The third kappa shape index (κ3) is 5.22. The monoisotopic (exact) mass is 566 g/mol. The number of aromatic nitrogens is 2. The third-order valence-corrected chi connectivity index (χ3v) is 9.23. The molecule has 1 aliphatic rings. The van der Waals surface area contributed by atoms with Crippen LogP contribution in [0.15, 0.2) is 69.7 Å². The number of hydrogen-bond donors (Lipinski definition) is 1. The number of carbonyl (C=O) groups is 2. The van der Waals surface area contributed by atoms with Crippen molar-refractivity contribution < 1.29 is 22.7 Å². The Balaban J connectivity index is 1.48. The summed E-state index contributed by atoms with van der Waals surface area (Å²) >= 11 is 1.08. The molecule has 2 aromatic heterocycles. The number of para-hydroxylation sites is 1. The van der Waals surface area contributed by atoms with Crippen molar-refractivity contribution in [3.8, 4) is 5.69 Å². The second-order valence-corrected chi connectivity index (χ2v) is 11.7. The largest absolute Gasteiger partial charge is 0.461 e. The first-order chi connectivity index (χ1) is 18.8. The summed E-state index contributed by atoms with van der Waals surface area (Å²) in [6, 6.07) is 14.3. The number of hydrogen-bond acceptors (Lipinski definition) is 8. The molecule has 12 heteroatoms. The summed E-state index contributed by atoms with van der Waals surface area (Å²) in [6.07, 6.45) is 2.66. The molecule has 0 spiro atoms. The Morgan fingerprint density at radius 1 is 1.03 bits per heavy atom. The van der Waals surface area contributed by atoms with E-state index in [-0.39, 0.29) is 38.5 Å². The van der Waals surface area contributed by atoms with E-state index in [0.717, 1.165) is 35.3 Å². The highest BCUT2D eigenvalue weighted by Crippen LogP contribution is 2.31. The van der Waals surface area contributed by atoms with Gasteiger partial charge in [0.2, 0.25) is 10.0 Å². The number of carbonyl (C=O) groups excluding carboxylic acids is 2. The minimum Gasteiger partial charge on any atom is -0.461 e. The number of ether oxygens (including phenoxy) is 1. The molecule has 39 heavy (non-hydrogen) atoms. The molecular weight excluding hydrogens is 540 g/mol. The summed E-state index contributed by atoms with van der Waals surface area (Å²) in [7, 11) is -3.63. The summed E-state index contributed by atoms with van der Waals surface area (Å²) < 4.78 is 33.6. The number of esters is 1. The van der Waals surface area contributed by atoms with Gasteiger partial charge in [0.05, 0.1) is 22.6 Å². The van der Waals surface area contributed by atoms with Crippen LogP contribution in [0.3, 0.4) is 0 Å². The van der Waals surface area contributed by atoms with Crippen molar-refractivity contribution in [1.82, 2.24) is 14.1 Å². The second-order valence-electron chi connectivity index (χ2n) is 8.92. The van der Waals surface area contributed by atoms with Gasteiger partial charge in [-0.2, -0.15) is 14.1 Å². The Bertz CT molecular complexity index is 1690. The smallest absolute Gasteiger partial charge is 0.359 e. The summed E-state index contributed by atoms with van der Waals surface area (Å²) in [5.74, 6) is -1.21.